The number of nitrogens with one attached hydrogen (secondary N) is 2. The molecule has 0 saturated heterocycles. The predicted octanol–water partition coefficient (Wildman–Crippen LogP) is 2.15. The highest BCUT2D eigenvalue weighted by molar-refractivity contribution is 7.13. The van der Waals surface area contributed by atoms with Crippen molar-refractivity contribution in [2.45, 2.75) is 6.54 Å². The summed E-state index contributed by atoms with van der Waals surface area (Å²) >= 11 is 1.51. The Bertz CT molecular complexity index is 1010. The lowest BCUT2D eigenvalue weighted by Gasteiger charge is -2.11. The Kier molecular flexibility index (Phi) is 5.99. The number of hydrogen-bond acceptors (Lipinski definition) is 6. The SMILES string of the molecule is COc1ccc(NC(=O)NCCn2nc(-c3cccs3)n(C)c2=O)cc1OC. The van der Waals surface area contributed by atoms with Gasteiger partial charge in [-0.1, -0.05) is 6.07 Å². The summed E-state index contributed by atoms with van der Waals surface area (Å²) < 4.78 is 13.2. The fourth-order valence-corrected chi connectivity index (χ4v) is 3.36. The number of carbonyl (C=O) groups excluding carboxylic acids is 1. The van der Waals surface area contributed by atoms with Crippen LogP contribution in [0, 0.1) is 0 Å². The van der Waals surface area contributed by atoms with Gasteiger partial charge in [-0.3, -0.25) is 4.57 Å². The van der Waals surface area contributed by atoms with Gasteiger partial charge in [0.2, 0.25) is 0 Å². The van der Waals surface area contributed by atoms with Crippen LogP contribution in [0.4, 0.5) is 10.5 Å². The molecule has 0 unspecified atom stereocenters. The molecule has 0 aliphatic heterocycles. The van der Waals surface area contributed by atoms with E-state index in [0.29, 0.717) is 23.0 Å². The topological polar surface area (TPSA) is 99.4 Å². The molecule has 0 spiro atoms. The molecule has 2 aromatic heterocycles. The molecule has 148 valence electrons. The van der Waals surface area contributed by atoms with Crippen molar-refractivity contribution < 1.29 is 14.3 Å². The number of nitrogens with zero attached hydrogens (tertiary/aromatic N) is 3. The molecular weight excluding hydrogens is 382 g/mol. The van der Waals surface area contributed by atoms with Crippen LogP contribution in [0.3, 0.4) is 0 Å². The number of anilines is 1. The Balaban J connectivity index is 1.58. The third-order valence-electron chi connectivity index (χ3n) is 4.03. The van der Waals surface area contributed by atoms with E-state index in [1.54, 1.807) is 32.4 Å². The number of amides is 2. The summed E-state index contributed by atoms with van der Waals surface area (Å²) in [5.74, 6) is 1.70. The zero-order chi connectivity index (χ0) is 20.1. The van der Waals surface area contributed by atoms with E-state index in [0.717, 1.165) is 4.88 Å². The van der Waals surface area contributed by atoms with Crippen molar-refractivity contribution in [2.24, 2.45) is 7.05 Å². The number of ether oxygens (including phenoxy) is 2. The first-order chi connectivity index (χ1) is 13.5. The predicted molar refractivity (Wildman–Crippen MR) is 107 cm³/mol. The van der Waals surface area contributed by atoms with Crippen molar-refractivity contribution >= 4 is 23.1 Å². The van der Waals surface area contributed by atoms with E-state index < -0.39 is 6.03 Å². The summed E-state index contributed by atoms with van der Waals surface area (Å²) in [5.41, 5.74) is 0.329. The molecule has 10 heteroatoms. The largest absolute Gasteiger partial charge is 0.493 e. The van der Waals surface area contributed by atoms with Crippen molar-refractivity contribution in [3.63, 3.8) is 0 Å². The fourth-order valence-electron chi connectivity index (χ4n) is 2.62. The van der Waals surface area contributed by atoms with Gasteiger partial charge in [-0.15, -0.1) is 16.4 Å². The molecule has 3 aromatic rings. The molecule has 0 fully saturated rings. The van der Waals surface area contributed by atoms with E-state index in [9.17, 15) is 9.59 Å². The van der Waals surface area contributed by atoms with Gasteiger partial charge < -0.3 is 20.1 Å². The summed E-state index contributed by atoms with van der Waals surface area (Å²) in [6.45, 7) is 0.511. The van der Waals surface area contributed by atoms with Gasteiger partial charge in [0.15, 0.2) is 17.3 Å². The number of carbonyl (C=O) groups is 1. The second-order valence-electron chi connectivity index (χ2n) is 5.82. The van der Waals surface area contributed by atoms with E-state index in [4.69, 9.17) is 9.47 Å². The smallest absolute Gasteiger partial charge is 0.346 e. The molecule has 9 nitrogen and oxygen atoms in total. The van der Waals surface area contributed by atoms with Gasteiger partial charge in [0.05, 0.1) is 25.6 Å². The molecule has 3 rings (SSSR count). The van der Waals surface area contributed by atoms with Crippen molar-refractivity contribution in [3.05, 3.63) is 46.2 Å². The third kappa shape index (κ3) is 4.17. The number of methoxy groups -OCH3 is 2. The number of hydrogen-bond donors (Lipinski definition) is 2. The zero-order valence-corrected chi connectivity index (χ0v) is 16.6. The first kappa shape index (κ1) is 19.5. The highest BCUT2D eigenvalue weighted by Crippen LogP contribution is 2.29. The molecule has 0 radical (unpaired) electrons. The van der Waals surface area contributed by atoms with E-state index in [1.165, 1.54) is 27.7 Å². The van der Waals surface area contributed by atoms with Crippen LogP contribution in [0.15, 0.2) is 40.5 Å². The molecule has 0 bridgehead atoms. The lowest BCUT2D eigenvalue weighted by Crippen LogP contribution is -2.34. The lowest BCUT2D eigenvalue weighted by molar-refractivity contribution is 0.251. The number of aromatic nitrogens is 3. The van der Waals surface area contributed by atoms with Crippen molar-refractivity contribution in [1.82, 2.24) is 19.7 Å². The molecule has 1 aromatic carbocycles. The van der Waals surface area contributed by atoms with Crippen molar-refractivity contribution in [1.29, 1.82) is 0 Å². The molecule has 28 heavy (non-hydrogen) atoms. The molecule has 0 atom stereocenters. The molecule has 2 amide bonds. The first-order valence-corrected chi connectivity index (χ1v) is 9.36. The first-order valence-electron chi connectivity index (χ1n) is 8.48. The van der Waals surface area contributed by atoms with Gasteiger partial charge >= 0.3 is 11.7 Å². The van der Waals surface area contributed by atoms with Crippen LogP contribution >= 0.6 is 11.3 Å². The Labute approximate surface area is 165 Å². The highest BCUT2D eigenvalue weighted by Gasteiger charge is 2.13. The summed E-state index contributed by atoms with van der Waals surface area (Å²) in [6.07, 6.45) is 0. The summed E-state index contributed by atoms with van der Waals surface area (Å²) in [4.78, 5) is 25.3. The van der Waals surface area contributed by atoms with Crippen LogP contribution in [0.25, 0.3) is 10.7 Å². The molecule has 2 heterocycles. The van der Waals surface area contributed by atoms with Crippen molar-refractivity contribution in [3.8, 4) is 22.2 Å². The van der Waals surface area contributed by atoms with Crippen LogP contribution < -0.4 is 25.8 Å². The number of thiophene rings is 1. The minimum atomic E-state index is -0.394. The maximum atomic E-state index is 12.3. The second-order valence-corrected chi connectivity index (χ2v) is 6.76. The number of urea groups is 1. The number of benzene rings is 1. The minimum Gasteiger partial charge on any atom is -0.493 e. The van der Waals surface area contributed by atoms with Crippen LogP contribution in [-0.2, 0) is 13.6 Å². The van der Waals surface area contributed by atoms with Gasteiger partial charge in [0.25, 0.3) is 0 Å². The Morgan fingerprint density at radius 2 is 2.00 bits per heavy atom. The van der Waals surface area contributed by atoms with E-state index in [1.807, 2.05) is 17.5 Å². The summed E-state index contributed by atoms with van der Waals surface area (Å²) in [6, 6.07) is 8.49. The molecule has 0 aliphatic carbocycles. The fraction of sp³-hybridized carbons (Fsp3) is 0.278. The highest BCUT2D eigenvalue weighted by atomic mass is 32.1. The standard InChI is InChI=1S/C18H21N5O4S/c1-22-16(15-5-4-10-28-15)21-23(18(22)25)9-8-19-17(24)20-12-6-7-13(26-2)14(11-12)27-3/h4-7,10-11H,8-9H2,1-3H3,(H2,19,20,24). The lowest BCUT2D eigenvalue weighted by atomic mass is 10.3. The Morgan fingerprint density at radius 1 is 1.21 bits per heavy atom. The average Bonchev–Trinajstić information content (AvgIpc) is 3.32. The molecule has 0 aliphatic rings. The zero-order valence-electron chi connectivity index (χ0n) is 15.8. The Hall–Kier alpha value is -3.27. The minimum absolute atomic E-state index is 0.231. The summed E-state index contributed by atoms with van der Waals surface area (Å²) in [5, 5.41) is 11.7. The van der Waals surface area contributed by atoms with Gasteiger partial charge in [-0.2, -0.15) is 0 Å². The van der Waals surface area contributed by atoms with Gasteiger partial charge in [0, 0.05) is 25.3 Å². The van der Waals surface area contributed by atoms with Crippen LogP contribution in [0.5, 0.6) is 11.5 Å². The van der Waals surface area contributed by atoms with Crippen LogP contribution in [0.1, 0.15) is 0 Å². The average molecular weight is 403 g/mol. The molecular formula is C18H21N5O4S. The maximum Gasteiger partial charge on any atom is 0.346 e. The van der Waals surface area contributed by atoms with Crippen molar-refractivity contribution in [2.75, 3.05) is 26.1 Å². The van der Waals surface area contributed by atoms with Gasteiger partial charge in [0.1, 0.15) is 0 Å². The Morgan fingerprint density at radius 3 is 2.68 bits per heavy atom. The van der Waals surface area contributed by atoms with Gasteiger partial charge in [-0.25, -0.2) is 14.3 Å². The monoisotopic (exact) mass is 403 g/mol. The maximum absolute atomic E-state index is 12.3. The molecule has 0 saturated carbocycles. The van der Waals surface area contributed by atoms with Gasteiger partial charge in [-0.05, 0) is 23.6 Å². The van der Waals surface area contributed by atoms with Crippen LogP contribution in [-0.4, -0.2) is 41.1 Å². The molecule has 2 N–H and O–H groups in total. The van der Waals surface area contributed by atoms with Crippen LogP contribution in [0.2, 0.25) is 0 Å². The normalized spacial score (nSPS) is 10.5. The second kappa shape index (κ2) is 8.61. The van der Waals surface area contributed by atoms with E-state index in [2.05, 4.69) is 15.7 Å². The third-order valence-corrected chi connectivity index (χ3v) is 4.90. The van der Waals surface area contributed by atoms with E-state index in [-0.39, 0.29) is 18.8 Å². The quantitative estimate of drug-likeness (QED) is 0.630. The van der Waals surface area contributed by atoms with E-state index >= 15 is 0 Å². The summed E-state index contributed by atoms with van der Waals surface area (Å²) in [7, 11) is 4.75. The number of rotatable bonds is 7.